The van der Waals surface area contributed by atoms with Crippen molar-refractivity contribution in [2.24, 2.45) is 11.7 Å². The van der Waals surface area contributed by atoms with E-state index in [1.165, 1.54) is 6.07 Å². The van der Waals surface area contributed by atoms with E-state index in [-0.39, 0.29) is 5.92 Å². The summed E-state index contributed by atoms with van der Waals surface area (Å²) in [5, 5.41) is 0. The van der Waals surface area contributed by atoms with Crippen molar-refractivity contribution in [1.82, 2.24) is 9.97 Å². The lowest BCUT2D eigenvalue weighted by atomic mass is 10.0. The number of halogens is 3. The summed E-state index contributed by atoms with van der Waals surface area (Å²) in [7, 11) is 0. The molecule has 0 unspecified atom stereocenters. The SMILES string of the molecule is NC(=O)c1cc(-c2ccccn2)ccc1N1CC[C@H](Cc2ccc(C(F)(F)F)cn2)C1. The molecule has 1 amide bonds. The van der Waals surface area contributed by atoms with Crippen molar-refractivity contribution in [3.05, 3.63) is 77.7 Å². The summed E-state index contributed by atoms with van der Waals surface area (Å²) >= 11 is 0. The fourth-order valence-electron chi connectivity index (χ4n) is 3.93. The molecule has 0 aliphatic carbocycles. The molecule has 0 saturated carbocycles. The maximum Gasteiger partial charge on any atom is 0.417 e. The second-order valence-corrected chi connectivity index (χ2v) is 7.65. The number of amides is 1. The number of anilines is 1. The molecule has 0 bridgehead atoms. The summed E-state index contributed by atoms with van der Waals surface area (Å²) in [4.78, 5) is 22.5. The van der Waals surface area contributed by atoms with Crippen molar-refractivity contribution in [3.8, 4) is 11.3 Å². The number of benzene rings is 1. The average Bonchev–Trinajstić information content (AvgIpc) is 3.22. The van der Waals surface area contributed by atoms with E-state index in [4.69, 9.17) is 5.73 Å². The summed E-state index contributed by atoms with van der Waals surface area (Å²) in [5.41, 5.74) is 8.28. The lowest BCUT2D eigenvalue weighted by Gasteiger charge is -2.22. The maximum absolute atomic E-state index is 12.7. The van der Waals surface area contributed by atoms with Crippen LogP contribution in [0.5, 0.6) is 0 Å². The summed E-state index contributed by atoms with van der Waals surface area (Å²) in [5.74, 6) is -0.291. The number of hydrogen-bond donors (Lipinski definition) is 1. The molecular formula is C23H21F3N4O. The number of carbonyl (C=O) groups is 1. The molecule has 31 heavy (non-hydrogen) atoms. The lowest BCUT2D eigenvalue weighted by molar-refractivity contribution is -0.137. The number of hydrogen-bond acceptors (Lipinski definition) is 4. The zero-order valence-electron chi connectivity index (χ0n) is 16.6. The van der Waals surface area contributed by atoms with Gasteiger partial charge in [0.1, 0.15) is 0 Å². The van der Waals surface area contributed by atoms with Gasteiger partial charge < -0.3 is 10.6 Å². The molecule has 0 radical (unpaired) electrons. The van der Waals surface area contributed by atoms with E-state index in [2.05, 4.69) is 14.9 Å². The Balaban J connectivity index is 1.49. The molecule has 4 rings (SSSR count). The van der Waals surface area contributed by atoms with Crippen molar-refractivity contribution < 1.29 is 18.0 Å². The third-order valence-corrected chi connectivity index (χ3v) is 5.50. The zero-order valence-corrected chi connectivity index (χ0v) is 16.6. The molecule has 5 nitrogen and oxygen atoms in total. The Morgan fingerprint density at radius 2 is 1.97 bits per heavy atom. The molecule has 1 fully saturated rings. The fourth-order valence-corrected chi connectivity index (χ4v) is 3.93. The summed E-state index contributed by atoms with van der Waals surface area (Å²) in [6.07, 6.45) is -0.394. The largest absolute Gasteiger partial charge is 0.417 e. The number of nitrogens with two attached hydrogens (primary N) is 1. The Bertz CT molecular complexity index is 1070. The van der Waals surface area contributed by atoms with Gasteiger partial charge in [-0.25, -0.2) is 0 Å². The minimum absolute atomic E-state index is 0.223. The van der Waals surface area contributed by atoms with Crippen LogP contribution in [0.2, 0.25) is 0 Å². The van der Waals surface area contributed by atoms with Crippen LogP contribution >= 0.6 is 0 Å². The van der Waals surface area contributed by atoms with Gasteiger partial charge in [-0.3, -0.25) is 14.8 Å². The maximum atomic E-state index is 12.7. The highest BCUT2D eigenvalue weighted by atomic mass is 19.4. The van der Waals surface area contributed by atoms with Gasteiger partial charge in [-0.1, -0.05) is 12.1 Å². The standard InChI is InChI=1S/C23H21F3N4O/c24-23(25,26)17-5-6-18(29-13-17)11-15-8-10-30(14-15)21-7-4-16(12-19(21)22(27)31)20-3-1-2-9-28-20/h1-7,9,12-13,15H,8,10-11,14H2,(H2,27,31)/t15-/m1/s1. The molecule has 1 saturated heterocycles. The first-order chi connectivity index (χ1) is 14.8. The highest BCUT2D eigenvalue weighted by Crippen LogP contribution is 2.32. The van der Waals surface area contributed by atoms with Gasteiger partial charge in [0.05, 0.1) is 16.8 Å². The highest BCUT2D eigenvalue weighted by molar-refractivity contribution is 6.00. The number of alkyl halides is 3. The van der Waals surface area contributed by atoms with Crippen LogP contribution in [-0.4, -0.2) is 29.0 Å². The van der Waals surface area contributed by atoms with Crippen LogP contribution in [-0.2, 0) is 12.6 Å². The molecule has 2 N–H and O–H groups in total. The quantitative estimate of drug-likeness (QED) is 0.659. The van der Waals surface area contributed by atoms with Crippen molar-refractivity contribution in [2.75, 3.05) is 18.0 Å². The Labute approximate surface area is 177 Å². The molecule has 3 aromatic rings. The topological polar surface area (TPSA) is 72.1 Å². The molecule has 2 aromatic heterocycles. The van der Waals surface area contributed by atoms with Crippen molar-refractivity contribution >= 4 is 11.6 Å². The second kappa shape index (κ2) is 8.37. The molecular weight excluding hydrogens is 405 g/mol. The first kappa shape index (κ1) is 20.8. The molecule has 1 aromatic carbocycles. The van der Waals surface area contributed by atoms with Crippen LogP contribution in [0.25, 0.3) is 11.3 Å². The van der Waals surface area contributed by atoms with Gasteiger partial charge in [0.15, 0.2) is 0 Å². The minimum Gasteiger partial charge on any atom is -0.371 e. The normalized spacial score (nSPS) is 16.5. The lowest BCUT2D eigenvalue weighted by Crippen LogP contribution is -2.24. The smallest absolute Gasteiger partial charge is 0.371 e. The van der Waals surface area contributed by atoms with Gasteiger partial charge in [0.25, 0.3) is 5.91 Å². The minimum atomic E-state index is -4.39. The highest BCUT2D eigenvalue weighted by Gasteiger charge is 2.31. The van der Waals surface area contributed by atoms with Gasteiger partial charge in [0.2, 0.25) is 0 Å². The Kier molecular flexibility index (Phi) is 5.63. The molecule has 1 atom stereocenters. The fraction of sp³-hybridized carbons (Fsp3) is 0.261. The Hall–Kier alpha value is -3.42. The predicted molar refractivity (Wildman–Crippen MR) is 111 cm³/mol. The monoisotopic (exact) mass is 426 g/mol. The molecule has 0 spiro atoms. The van der Waals surface area contributed by atoms with Gasteiger partial charge in [-0.05, 0) is 55.2 Å². The van der Waals surface area contributed by atoms with Gasteiger partial charge >= 0.3 is 6.18 Å². The molecule has 160 valence electrons. The molecule has 1 aliphatic rings. The van der Waals surface area contributed by atoms with E-state index in [1.807, 2.05) is 30.3 Å². The van der Waals surface area contributed by atoms with Crippen molar-refractivity contribution in [2.45, 2.75) is 19.0 Å². The van der Waals surface area contributed by atoms with Crippen LogP contribution < -0.4 is 10.6 Å². The van der Waals surface area contributed by atoms with Gasteiger partial charge in [0, 0.05) is 42.4 Å². The van der Waals surface area contributed by atoms with Crippen LogP contribution in [0.1, 0.15) is 28.0 Å². The van der Waals surface area contributed by atoms with Crippen LogP contribution in [0.15, 0.2) is 60.9 Å². The first-order valence-electron chi connectivity index (χ1n) is 9.93. The van der Waals surface area contributed by atoms with Gasteiger partial charge in [-0.15, -0.1) is 0 Å². The van der Waals surface area contributed by atoms with Gasteiger partial charge in [-0.2, -0.15) is 13.2 Å². The van der Waals surface area contributed by atoms with Crippen LogP contribution in [0.3, 0.4) is 0 Å². The second-order valence-electron chi connectivity index (χ2n) is 7.65. The number of primary amides is 1. The van der Waals surface area contributed by atoms with Crippen molar-refractivity contribution in [3.63, 3.8) is 0 Å². The van der Waals surface area contributed by atoms with E-state index in [0.717, 1.165) is 42.2 Å². The van der Waals surface area contributed by atoms with E-state index < -0.39 is 17.6 Å². The number of pyridine rings is 2. The summed E-state index contributed by atoms with van der Waals surface area (Å²) < 4.78 is 38.1. The number of nitrogens with zero attached hydrogens (tertiary/aromatic N) is 3. The van der Waals surface area contributed by atoms with E-state index in [9.17, 15) is 18.0 Å². The molecule has 3 heterocycles. The number of rotatable bonds is 5. The summed E-state index contributed by atoms with van der Waals surface area (Å²) in [6, 6.07) is 13.6. The van der Waals surface area contributed by atoms with E-state index >= 15 is 0 Å². The number of aromatic nitrogens is 2. The summed E-state index contributed by atoms with van der Waals surface area (Å²) in [6.45, 7) is 1.40. The van der Waals surface area contributed by atoms with Crippen LogP contribution in [0.4, 0.5) is 18.9 Å². The molecule has 1 aliphatic heterocycles. The van der Waals surface area contributed by atoms with Crippen molar-refractivity contribution in [1.29, 1.82) is 0 Å². The van der Waals surface area contributed by atoms with E-state index in [0.29, 0.717) is 24.2 Å². The third-order valence-electron chi connectivity index (χ3n) is 5.50. The Morgan fingerprint density at radius 1 is 1.13 bits per heavy atom. The first-order valence-corrected chi connectivity index (χ1v) is 9.93. The third kappa shape index (κ3) is 4.68. The zero-order chi connectivity index (χ0) is 22.0. The molecule has 8 heteroatoms. The Morgan fingerprint density at radius 3 is 2.61 bits per heavy atom. The predicted octanol–water partition coefficient (Wildman–Crippen LogP) is 4.33. The van der Waals surface area contributed by atoms with Crippen LogP contribution in [0, 0.1) is 5.92 Å². The number of carbonyl (C=O) groups excluding carboxylic acids is 1. The van der Waals surface area contributed by atoms with E-state index in [1.54, 1.807) is 12.3 Å². The average molecular weight is 426 g/mol.